The van der Waals surface area contributed by atoms with Crippen molar-refractivity contribution in [1.82, 2.24) is 14.7 Å². The lowest BCUT2D eigenvalue weighted by Gasteiger charge is -2.34. The molecule has 26 heavy (non-hydrogen) atoms. The van der Waals surface area contributed by atoms with E-state index in [0.29, 0.717) is 32.8 Å². The van der Waals surface area contributed by atoms with Crippen LogP contribution in [0.2, 0.25) is 0 Å². The van der Waals surface area contributed by atoms with Crippen LogP contribution in [0.3, 0.4) is 0 Å². The minimum atomic E-state index is -0.595. The third kappa shape index (κ3) is 3.60. The van der Waals surface area contributed by atoms with Gasteiger partial charge in [0.1, 0.15) is 24.7 Å². The quantitative estimate of drug-likeness (QED) is 0.698. The summed E-state index contributed by atoms with van der Waals surface area (Å²) in [5.74, 6) is 0.185. The molecular formula is C18H25N3O5. The van der Waals surface area contributed by atoms with Gasteiger partial charge in [0.2, 0.25) is 5.91 Å². The number of likely N-dealkylation sites (tertiary alicyclic amines) is 1. The predicted octanol–water partition coefficient (Wildman–Crippen LogP) is 0.780. The van der Waals surface area contributed by atoms with Crippen molar-refractivity contribution >= 4 is 17.7 Å². The van der Waals surface area contributed by atoms with Crippen LogP contribution >= 0.6 is 0 Å². The Labute approximate surface area is 152 Å². The summed E-state index contributed by atoms with van der Waals surface area (Å²) < 4.78 is 10.8. The number of methoxy groups -OCH3 is 1. The topological polar surface area (TPSA) is 83.3 Å². The molecule has 3 amide bonds. The molecule has 1 unspecified atom stereocenters. The predicted molar refractivity (Wildman–Crippen MR) is 91.9 cm³/mol. The summed E-state index contributed by atoms with van der Waals surface area (Å²) in [4.78, 5) is 41.6. The first-order valence-corrected chi connectivity index (χ1v) is 9.00. The van der Waals surface area contributed by atoms with Crippen molar-refractivity contribution in [2.24, 2.45) is 0 Å². The Morgan fingerprint density at radius 2 is 1.92 bits per heavy atom. The summed E-state index contributed by atoms with van der Waals surface area (Å²) in [5.41, 5.74) is 0. The highest BCUT2D eigenvalue weighted by Gasteiger charge is 2.36. The minimum Gasteiger partial charge on any atom is -0.461 e. The first kappa shape index (κ1) is 18.4. The lowest BCUT2D eigenvalue weighted by atomic mass is 10.1. The molecule has 0 bridgehead atoms. The molecule has 2 fully saturated rings. The van der Waals surface area contributed by atoms with Crippen LogP contribution in [-0.2, 0) is 25.7 Å². The summed E-state index contributed by atoms with van der Waals surface area (Å²) >= 11 is 0. The van der Waals surface area contributed by atoms with Crippen molar-refractivity contribution in [1.29, 1.82) is 0 Å². The number of furan rings is 1. The Balaban J connectivity index is 1.65. The second-order valence-electron chi connectivity index (χ2n) is 6.59. The zero-order valence-electron chi connectivity index (χ0n) is 15.3. The van der Waals surface area contributed by atoms with E-state index in [0.717, 1.165) is 24.4 Å². The maximum atomic E-state index is 12.8. The minimum absolute atomic E-state index is 0.0652. The standard InChI is InChI=1S/C18H25N3O5/c1-3-19-9-10-20(18(24)17(19)23)11-16(22)21-8-4-5-14(21)15-7-6-13(26-15)12-25-2/h6-7,14H,3-5,8-12H2,1-2H3. The molecule has 0 aliphatic carbocycles. The van der Waals surface area contributed by atoms with Crippen LogP contribution in [0.25, 0.3) is 0 Å². The van der Waals surface area contributed by atoms with E-state index in [1.54, 1.807) is 12.0 Å². The normalized spacial score (nSPS) is 21.0. The summed E-state index contributed by atoms with van der Waals surface area (Å²) in [6, 6.07) is 3.60. The fraction of sp³-hybridized carbons (Fsp3) is 0.611. The van der Waals surface area contributed by atoms with Crippen LogP contribution in [0.15, 0.2) is 16.5 Å². The van der Waals surface area contributed by atoms with Gasteiger partial charge in [-0.15, -0.1) is 0 Å². The molecule has 2 aliphatic heterocycles. The number of amides is 3. The van der Waals surface area contributed by atoms with Gasteiger partial charge < -0.3 is 23.9 Å². The van der Waals surface area contributed by atoms with E-state index in [-0.39, 0.29) is 18.5 Å². The van der Waals surface area contributed by atoms with Gasteiger partial charge in [-0.05, 0) is 31.9 Å². The van der Waals surface area contributed by atoms with Crippen molar-refractivity contribution in [3.63, 3.8) is 0 Å². The molecule has 2 aliphatic rings. The number of likely N-dealkylation sites (N-methyl/N-ethyl adjacent to an activating group) is 1. The molecule has 8 nitrogen and oxygen atoms in total. The first-order chi connectivity index (χ1) is 12.5. The van der Waals surface area contributed by atoms with E-state index in [1.165, 1.54) is 9.80 Å². The number of nitrogens with zero attached hydrogens (tertiary/aromatic N) is 3. The largest absolute Gasteiger partial charge is 0.461 e. The first-order valence-electron chi connectivity index (χ1n) is 9.00. The van der Waals surface area contributed by atoms with Crippen molar-refractivity contribution in [3.8, 4) is 0 Å². The molecule has 142 valence electrons. The van der Waals surface area contributed by atoms with Crippen LogP contribution < -0.4 is 0 Å². The molecule has 1 atom stereocenters. The van der Waals surface area contributed by atoms with Gasteiger partial charge in [-0.1, -0.05) is 0 Å². The Kier molecular flexibility index (Phi) is 5.61. The van der Waals surface area contributed by atoms with Crippen molar-refractivity contribution < 1.29 is 23.5 Å². The molecule has 8 heteroatoms. The van der Waals surface area contributed by atoms with E-state index in [1.807, 2.05) is 19.1 Å². The molecular weight excluding hydrogens is 338 g/mol. The summed E-state index contributed by atoms with van der Waals surface area (Å²) in [6.45, 7) is 4.15. The smallest absolute Gasteiger partial charge is 0.312 e. The molecule has 1 aromatic rings. The zero-order valence-corrected chi connectivity index (χ0v) is 15.3. The van der Waals surface area contributed by atoms with Crippen LogP contribution in [0.1, 0.15) is 37.3 Å². The van der Waals surface area contributed by atoms with E-state index in [4.69, 9.17) is 9.15 Å². The Morgan fingerprint density at radius 1 is 1.19 bits per heavy atom. The summed E-state index contributed by atoms with van der Waals surface area (Å²) in [5, 5.41) is 0. The van der Waals surface area contributed by atoms with Gasteiger partial charge in [0.15, 0.2) is 0 Å². The Bertz CT molecular complexity index is 686. The van der Waals surface area contributed by atoms with Crippen LogP contribution in [-0.4, -0.2) is 72.3 Å². The third-order valence-corrected chi connectivity index (χ3v) is 4.98. The van der Waals surface area contributed by atoms with Gasteiger partial charge in [-0.2, -0.15) is 0 Å². The Morgan fingerprint density at radius 3 is 2.65 bits per heavy atom. The molecule has 1 aromatic heterocycles. The van der Waals surface area contributed by atoms with Gasteiger partial charge in [-0.25, -0.2) is 0 Å². The highest BCUT2D eigenvalue weighted by molar-refractivity contribution is 6.35. The van der Waals surface area contributed by atoms with Gasteiger partial charge >= 0.3 is 11.8 Å². The van der Waals surface area contributed by atoms with Gasteiger partial charge in [0.05, 0.1) is 6.04 Å². The summed E-state index contributed by atoms with van der Waals surface area (Å²) in [6.07, 6.45) is 1.70. The van der Waals surface area contributed by atoms with Gasteiger partial charge in [-0.3, -0.25) is 14.4 Å². The van der Waals surface area contributed by atoms with Gasteiger partial charge in [0.25, 0.3) is 0 Å². The number of hydrogen-bond donors (Lipinski definition) is 0. The van der Waals surface area contributed by atoms with Crippen LogP contribution in [0.5, 0.6) is 0 Å². The monoisotopic (exact) mass is 363 g/mol. The van der Waals surface area contributed by atoms with E-state index < -0.39 is 11.8 Å². The lowest BCUT2D eigenvalue weighted by molar-refractivity contribution is -0.157. The van der Waals surface area contributed by atoms with E-state index in [9.17, 15) is 14.4 Å². The number of piperazine rings is 1. The van der Waals surface area contributed by atoms with Crippen molar-refractivity contribution in [3.05, 3.63) is 23.7 Å². The number of ether oxygens (including phenoxy) is 1. The molecule has 0 spiro atoms. The van der Waals surface area contributed by atoms with Gasteiger partial charge in [0, 0.05) is 33.3 Å². The average Bonchev–Trinajstić information content (AvgIpc) is 3.28. The fourth-order valence-electron chi connectivity index (χ4n) is 3.58. The average molecular weight is 363 g/mol. The molecule has 0 N–H and O–H groups in total. The van der Waals surface area contributed by atoms with E-state index in [2.05, 4.69) is 0 Å². The summed E-state index contributed by atoms with van der Waals surface area (Å²) in [7, 11) is 1.60. The molecule has 2 saturated heterocycles. The number of rotatable bonds is 6. The lowest BCUT2D eigenvalue weighted by Crippen LogP contribution is -2.56. The third-order valence-electron chi connectivity index (χ3n) is 4.98. The van der Waals surface area contributed by atoms with Crippen LogP contribution in [0, 0.1) is 0 Å². The number of hydrogen-bond acceptors (Lipinski definition) is 5. The second kappa shape index (κ2) is 7.90. The SMILES string of the molecule is CCN1CCN(CC(=O)N2CCCC2c2ccc(COC)o2)C(=O)C1=O. The molecule has 0 saturated carbocycles. The molecule has 3 rings (SSSR count). The van der Waals surface area contributed by atoms with Crippen LogP contribution in [0.4, 0.5) is 0 Å². The zero-order chi connectivity index (χ0) is 18.7. The molecule has 3 heterocycles. The maximum Gasteiger partial charge on any atom is 0.312 e. The molecule has 0 radical (unpaired) electrons. The van der Waals surface area contributed by atoms with Crippen molar-refractivity contribution in [2.45, 2.75) is 32.4 Å². The number of carbonyl (C=O) groups is 3. The highest BCUT2D eigenvalue weighted by Crippen LogP contribution is 2.33. The highest BCUT2D eigenvalue weighted by atomic mass is 16.5. The molecule has 0 aromatic carbocycles. The fourth-order valence-corrected chi connectivity index (χ4v) is 3.58. The Hall–Kier alpha value is -2.35. The van der Waals surface area contributed by atoms with E-state index >= 15 is 0 Å². The maximum absolute atomic E-state index is 12.8. The number of carbonyl (C=O) groups excluding carboxylic acids is 3. The van der Waals surface area contributed by atoms with Crippen molar-refractivity contribution in [2.75, 3.05) is 39.8 Å². The second-order valence-corrected chi connectivity index (χ2v) is 6.59.